The standard InChI is InChI=1S/C18H16N2O2S2/c1-11-7-8-15(23-11)17(22)20-18-14(16(19)21)10-13(24-18)9-12-5-3-2-4-6-12/h2-8,10H,9H2,1H3,(H2,19,21)(H,20,22). The van der Waals surface area contributed by atoms with Gasteiger partial charge in [-0.2, -0.15) is 0 Å². The molecule has 0 fully saturated rings. The molecule has 0 radical (unpaired) electrons. The van der Waals surface area contributed by atoms with E-state index in [1.807, 2.05) is 43.3 Å². The lowest BCUT2D eigenvalue weighted by molar-refractivity contribution is 0.100. The summed E-state index contributed by atoms with van der Waals surface area (Å²) in [5.41, 5.74) is 6.95. The quantitative estimate of drug-likeness (QED) is 0.723. The number of primary amides is 1. The lowest BCUT2D eigenvalue weighted by Crippen LogP contribution is -2.15. The third-order valence-electron chi connectivity index (χ3n) is 3.46. The SMILES string of the molecule is Cc1ccc(C(=O)Nc2sc(Cc3ccccc3)cc2C(N)=O)s1. The molecule has 2 amide bonds. The van der Waals surface area contributed by atoms with Gasteiger partial charge in [0.2, 0.25) is 0 Å². The maximum atomic E-state index is 12.3. The molecule has 1 aromatic carbocycles. The van der Waals surface area contributed by atoms with E-state index in [0.717, 1.165) is 15.3 Å². The third-order valence-corrected chi connectivity index (χ3v) is 5.51. The molecule has 0 aliphatic heterocycles. The second-order valence-corrected chi connectivity index (χ2v) is 7.77. The molecule has 0 bridgehead atoms. The Balaban J connectivity index is 1.84. The lowest BCUT2D eigenvalue weighted by Gasteiger charge is -2.02. The van der Waals surface area contributed by atoms with Crippen molar-refractivity contribution in [1.29, 1.82) is 0 Å². The number of benzene rings is 1. The average molecular weight is 356 g/mol. The second kappa shape index (κ2) is 6.98. The minimum atomic E-state index is -0.539. The third kappa shape index (κ3) is 3.72. The number of hydrogen-bond donors (Lipinski definition) is 2. The zero-order valence-electron chi connectivity index (χ0n) is 13.0. The van der Waals surface area contributed by atoms with Gasteiger partial charge in [0, 0.05) is 16.2 Å². The van der Waals surface area contributed by atoms with Crippen LogP contribution in [0.15, 0.2) is 48.5 Å². The summed E-state index contributed by atoms with van der Waals surface area (Å²) < 4.78 is 0. The topological polar surface area (TPSA) is 72.2 Å². The highest BCUT2D eigenvalue weighted by Crippen LogP contribution is 2.30. The molecule has 0 spiro atoms. The molecule has 0 unspecified atom stereocenters. The summed E-state index contributed by atoms with van der Waals surface area (Å²) in [6.07, 6.45) is 0.694. The first-order valence-corrected chi connectivity index (χ1v) is 9.00. The van der Waals surface area contributed by atoms with E-state index in [1.54, 1.807) is 12.1 Å². The Bertz CT molecular complexity index is 882. The first-order chi connectivity index (χ1) is 11.5. The monoisotopic (exact) mass is 356 g/mol. The van der Waals surface area contributed by atoms with E-state index >= 15 is 0 Å². The van der Waals surface area contributed by atoms with Gasteiger partial charge in [0.1, 0.15) is 5.00 Å². The Labute approximate surface area is 147 Å². The summed E-state index contributed by atoms with van der Waals surface area (Å²) in [5.74, 6) is -0.757. The molecule has 2 aromatic heterocycles. The molecule has 0 aliphatic carbocycles. The molecule has 0 atom stereocenters. The predicted molar refractivity (Wildman–Crippen MR) is 99.1 cm³/mol. The van der Waals surface area contributed by atoms with Crippen LogP contribution >= 0.6 is 22.7 Å². The largest absolute Gasteiger partial charge is 0.366 e. The van der Waals surface area contributed by atoms with Gasteiger partial charge < -0.3 is 11.1 Å². The summed E-state index contributed by atoms with van der Waals surface area (Å²) in [7, 11) is 0. The summed E-state index contributed by atoms with van der Waals surface area (Å²) in [6.45, 7) is 1.94. The van der Waals surface area contributed by atoms with Crippen LogP contribution in [0.1, 0.15) is 35.3 Å². The highest BCUT2D eigenvalue weighted by Gasteiger charge is 2.17. The van der Waals surface area contributed by atoms with Gasteiger partial charge in [0.05, 0.1) is 10.4 Å². The summed E-state index contributed by atoms with van der Waals surface area (Å²) in [6, 6.07) is 15.4. The Kier molecular flexibility index (Phi) is 4.78. The normalized spacial score (nSPS) is 10.5. The Morgan fingerprint density at radius 3 is 2.46 bits per heavy atom. The van der Waals surface area contributed by atoms with Crippen molar-refractivity contribution in [2.24, 2.45) is 5.73 Å². The fourth-order valence-corrected chi connectivity index (χ4v) is 4.18. The van der Waals surface area contributed by atoms with Crippen molar-refractivity contribution in [1.82, 2.24) is 0 Å². The minimum Gasteiger partial charge on any atom is -0.366 e. The van der Waals surface area contributed by atoms with E-state index in [9.17, 15) is 9.59 Å². The zero-order chi connectivity index (χ0) is 17.1. The summed E-state index contributed by atoms with van der Waals surface area (Å²) >= 11 is 2.80. The van der Waals surface area contributed by atoms with Crippen LogP contribution in [0.2, 0.25) is 0 Å². The Morgan fingerprint density at radius 2 is 1.83 bits per heavy atom. The smallest absolute Gasteiger partial charge is 0.266 e. The fraction of sp³-hybridized carbons (Fsp3) is 0.111. The molecular formula is C18H16N2O2S2. The number of nitrogens with one attached hydrogen (secondary N) is 1. The van der Waals surface area contributed by atoms with Crippen molar-refractivity contribution < 1.29 is 9.59 Å². The van der Waals surface area contributed by atoms with Gasteiger partial charge in [-0.25, -0.2) is 0 Å². The second-order valence-electron chi connectivity index (χ2n) is 5.35. The maximum Gasteiger partial charge on any atom is 0.266 e. The molecule has 24 heavy (non-hydrogen) atoms. The van der Waals surface area contributed by atoms with E-state index in [0.29, 0.717) is 21.9 Å². The van der Waals surface area contributed by atoms with Gasteiger partial charge in [-0.05, 0) is 30.7 Å². The molecule has 3 aromatic rings. The average Bonchev–Trinajstić information content (AvgIpc) is 3.15. The number of carbonyl (C=O) groups excluding carboxylic acids is 2. The van der Waals surface area contributed by atoms with E-state index in [1.165, 1.54) is 22.7 Å². The van der Waals surface area contributed by atoms with Crippen molar-refractivity contribution in [3.05, 3.63) is 74.3 Å². The number of hydrogen-bond acceptors (Lipinski definition) is 4. The number of rotatable bonds is 5. The van der Waals surface area contributed by atoms with Crippen LogP contribution in [0.4, 0.5) is 5.00 Å². The molecule has 4 nitrogen and oxygen atoms in total. The van der Waals surface area contributed by atoms with Crippen molar-refractivity contribution in [2.75, 3.05) is 5.32 Å². The lowest BCUT2D eigenvalue weighted by atomic mass is 10.1. The van der Waals surface area contributed by atoms with E-state index in [-0.39, 0.29) is 5.91 Å². The molecule has 6 heteroatoms. The van der Waals surface area contributed by atoms with E-state index in [4.69, 9.17) is 5.73 Å². The zero-order valence-corrected chi connectivity index (χ0v) is 14.7. The number of amides is 2. The first-order valence-electron chi connectivity index (χ1n) is 7.37. The molecule has 2 heterocycles. The van der Waals surface area contributed by atoms with Gasteiger partial charge in [-0.1, -0.05) is 30.3 Å². The number of thiophene rings is 2. The number of anilines is 1. The number of nitrogens with two attached hydrogens (primary N) is 1. The van der Waals surface area contributed by atoms with Gasteiger partial charge in [-0.15, -0.1) is 22.7 Å². The number of aryl methyl sites for hydroxylation is 1. The highest BCUT2D eigenvalue weighted by molar-refractivity contribution is 7.17. The molecule has 0 saturated carbocycles. The Morgan fingerprint density at radius 1 is 1.08 bits per heavy atom. The van der Waals surface area contributed by atoms with Crippen LogP contribution in [0, 0.1) is 6.92 Å². The molecular weight excluding hydrogens is 340 g/mol. The maximum absolute atomic E-state index is 12.3. The summed E-state index contributed by atoms with van der Waals surface area (Å²) in [4.78, 5) is 26.7. The van der Waals surface area contributed by atoms with Crippen LogP contribution in [0.25, 0.3) is 0 Å². The van der Waals surface area contributed by atoms with Crippen LogP contribution in [-0.2, 0) is 6.42 Å². The van der Waals surface area contributed by atoms with Crippen LogP contribution in [-0.4, -0.2) is 11.8 Å². The van der Waals surface area contributed by atoms with Gasteiger partial charge in [-0.3, -0.25) is 9.59 Å². The fourth-order valence-electron chi connectivity index (χ4n) is 2.32. The van der Waals surface area contributed by atoms with Crippen molar-refractivity contribution >= 4 is 39.5 Å². The van der Waals surface area contributed by atoms with Crippen LogP contribution in [0.3, 0.4) is 0 Å². The first kappa shape index (κ1) is 16.4. The molecule has 122 valence electrons. The van der Waals surface area contributed by atoms with E-state index < -0.39 is 5.91 Å². The highest BCUT2D eigenvalue weighted by atomic mass is 32.1. The van der Waals surface area contributed by atoms with Gasteiger partial charge >= 0.3 is 0 Å². The van der Waals surface area contributed by atoms with Crippen LogP contribution < -0.4 is 11.1 Å². The van der Waals surface area contributed by atoms with Gasteiger partial charge in [0.15, 0.2) is 0 Å². The molecule has 3 N–H and O–H groups in total. The number of carbonyl (C=O) groups is 2. The summed E-state index contributed by atoms with van der Waals surface area (Å²) in [5, 5.41) is 3.32. The van der Waals surface area contributed by atoms with E-state index in [2.05, 4.69) is 5.32 Å². The predicted octanol–water partition coefficient (Wildman–Crippen LogP) is 4.06. The van der Waals surface area contributed by atoms with Crippen molar-refractivity contribution in [3.63, 3.8) is 0 Å². The van der Waals surface area contributed by atoms with Crippen molar-refractivity contribution in [2.45, 2.75) is 13.3 Å². The molecule has 0 aliphatic rings. The van der Waals surface area contributed by atoms with Crippen LogP contribution in [0.5, 0.6) is 0 Å². The molecule has 3 rings (SSSR count). The Hall–Kier alpha value is -2.44. The molecule has 0 saturated heterocycles. The van der Waals surface area contributed by atoms with Crippen molar-refractivity contribution in [3.8, 4) is 0 Å². The minimum absolute atomic E-state index is 0.219. The van der Waals surface area contributed by atoms with Gasteiger partial charge in [0.25, 0.3) is 11.8 Å².